The van der Waals surface area contributed by atoms with Crippen LogP contribution < -0.4 is 0 Å². The van der Waals surface area contributed by atoms with E-state index in [-0.39, 0.29) is 18.0 Å². The minimum Gasteiger partial charge on any atom is -0.395 e. The van der Waals surface area contributed by atoms with Crippen molar-refractivity contribution in [1.82, 2.24) is 4.31 Å². The van der Waals surface area contributed by atoms with Crippen LogP contribution in [-0.2, 0) is 15.4 Å². The van der Waals surface area contributed by atoms with Crippen LogP contribution in [0.15, 0.2) is 65.6 Å². The maximum Gasteiger partial charge on any atom is 0.242 e. The van der Waals surface area contributed by atoms with E-state index in [1.165, 1.54) is 4.31 Å². The number of rotatable bonds is 8. The summed E-state index contributed by atoms with van der Waals surface area (Å²) in [7, 11) is -2.06. The first-order valence-corrected chi connectivity index (χ1v) is 9.82. The van der Waals surface area contributed by atoms with Crippen molar-refractivity contribution >= 4 is 22.7 Å². The van der Waals surface area contributed by atoms with Gasteiger partial charge < -0.3 is 5.11 Å². The number of aliphatic hydroxyl groups is 1. The summed E-state index contributed by atoms with van der Waals surface area (Å²) in [6.45, 7) is 0.0392. The summed E-state index contributed by atoms with van der Waals surface area (Å²) >= 11 is 4.30. The summed E-state index contributed by atoms with van der Waals surface area (Å²) in [5, 5.41) is 10.1. The van der Waals surface area contributed by atoms with E-state index >= 15 is 0 Å². The number of hydrogen-bond donors (Lipinski definition) is 2. The summed E-state index contributed by atoms with van der Waals surface area (Å²) in [5.41, 5.74) is 0.233. The van der Waals surface area contributed by atoms with Gasteiger partial charge in [0.1, 0.15) is 0 Å². The summed E-state index contributed by atoms with van der Waals surface area (Å²) in [4.78, 5) is 0.248. The fourth-order valence-corrected chi connectivity index (χ4v) is 4.53. The predicted octanol–water partition coefficient (Wildman–Crippen LogP) is 2.56. The molecule has 2 rings (SSSR count). The third-order valence-corrected chi connectivity index (χ3v) is 6.30. The first-order chi connectivity index (χ1) is 11.5. The van der Waals surface area contributed by atoms with E-state index in [0.29, 0.717) is 12.2 Å². The second-order valence-electron chi connectivity index (χ2n) is 5.85. The summed E-state index contributed by atoms with van der Waals surface area (Å²) in [5.74, 6) is 0.550. The number of benzene rings is 2. The van der Waals surface area contributed by atoms with Crippen LogP contribution in [0.25, 0.3) is 0 Å². The Labute approximate surface area is 149 Å². The van der Waals surface area contributed by atoms with Crippen molar-refractivity contribution in [3.63, 3.8) is 0 Å². The zero-order valence-electron chi connectivity index (χ0n) is 13.7. The maximum atomic E-state index is 12.8. The lowest BCUT2D eigenvalue weighted by atomic mass is 9.78. The summed E-state index contributed by atoms with van der Waals surface area (Å²) in [6.07, 6.45) is 0.575. The molecular formula is C18H23NO3S2. The Balaban J connectivity index is 2.36. The fraction of sp³-hybridized carbons (Fsp3) is 0.333. The van der Waals surface area contributed by atoms with Gasteiger partial charge >= 0.3 is 0 Å². The predicted molar refractivity (Wildman–Crippen MR) is 99.9 cm³/mol. The standard InChI is InChI=1S/C18H23NO3S2/c1-19(24(21,22)17-10-6-3-7-11-17)14-18(15-20,12-13-23)16-8-4-2-5-9-16/h2-11,20,23H,12-15H2,1H3. The molecule has 0 saturated heterocycles. The second-order valence-corrected chi connectivity index (χ2v) is 8.34. The third-order valence-electron chi connectivity index (χ3n) is 4.26. The van der Waals surface area contributed by atoms with E-state index < -0.39 is 15.4 Å². The molecule has 0 spiro atoms. The van der Waals surface area contributed by atoms with Gasteiger partial charge in [-0.25, -0.2) is 8.42 Å². The number of aliphatic hydroxyl groups excluding tert-OH is 1. The van der Waals surface area contributed by atoms with Gasteiger partial charge in [0.2, 0.25) is 10.0 Å². The number of thiol groups is 1. The largest absolute Gasteiger partial charge is 0.395 e. The van der Waals surface area contributed by atoms with Gasteiger partial charge in [-0.3, -0.25) is 0 Å². The van der Waals surface area contributed by atoms with Crippen molar-refractivity contribution < 1.29 is 13.5 Å². The molecule has 1 atom stereocenters. The Morgan fingerprint density at radius 3 is 2.08 bits per heavy atom. The average molecular weight is 366 g/mol. The molecule has 24 heavy (non-hydrogen) atoms. The third kappa shape index (κ3) is 4.00. The second kappa shape index (κ2) is 8.16. The highest BCUT2D eigenvalue weighted by molar-refractivity contribution is 7.89. The Bertz CT molecular complexity index is 735. The molecule has 0 aliphatic heterocycles. The van der Waals surface area contributed by atoms with E-state index in [1.807, 2.05) is 30.3 Å². The van der Waals surface area contributed by atoms with Gasteiger partial charge in [0.05, 0.1) is 11.5 Å². The summed E-state index contributed by atoms with van der Waals surface area (Å²) < 4.78 is 26.9. The van der Waals surface area contributed by atoms with E-state index in [4.69, 9.17) is 0 Å². The highest BCUT2D eigenvalue weighted by Crippen LogP contribution is 2.31. The molecule has 1 unspecified atom stereocenters. The van der Waals surface area contributed by atoms with Crippen LogP contribution in [-0.4, -0.2) is 43.8 Å². The molecule has 4 nitrogen and oxygen atoms in total. The zero-order chi connectivity index (χ0) is 17.6. The van der Waals surface area contributed by atoms with Crippen LogP contribution in [0.1, 0.15) is 12.0 Å². The number of nitrogens with zero attached hydrogens (tertiary/aromatic N) is 1. The molecule has 0 aromatic heterocycles. The van der Waals surface area contributed by atoms with Gasteiger partial charge in [-0.1, -0.05) is 48.5 Å². The van der Waals surface area contributed by atoms with E-state index in [1.54, 1.807) is 37.4 Å². The molecule has 1 N–H and O–H groups in total. The molecule has 0 heterocycles. The van der Waals surface area contributed by atoms with Gasteiger partial charge in [0.15, 0.2) is 0 Å². The smallest absolute Gasteiger partial charge is 0.242 e. The lowest BCUT2D eigenvalue weighted by molar-refractivity contribution is 0.169. The lowest BCUT2D eigenvalue weighted by Crippen LogP contribution is -2.44. The molecule has 0 aliphatic rings. The van der Waals surface area contributed by atoms with Crippen molar-refractivity contribution in [2.75, 3.05) is 26.0 Å². The first-order valence-electron chi connectivity index (χ1n) is 7.75. The minimum absolute atomic E-state index is 0.147. The number of hydrogen-bond acceptors (Lipinski definition) is 4. The quantitative estimate of drug-likeness (QED) is 0.707. The Kier molecular flexibility index (Phi) is 6.46. The molecule has 0 saturated carbocycles. The monoisotopic (exact) mass is 365 g/mol. The van der Waals surface area contributed by atoms with Gasteiger partial charge in [-0.2, -0.15) is 16.9 Å². The zero-order valence-corrected chi connectivity index (χ0v) is 15.4. The van der Waals surface area contributed by atoms with Crippen LogP contribution in [0.3, 0.4) is 0 Å². The first kappa shape index (κ1) is 19.0. The Morgan fingerprint density at radius 1 is 1.04 bits per heavy atom. The minimum atomic E-state index is -3.61. The molecule has 2 aromatic carbocycles. The number of likely N-dealkylation sites (N-methyl/N-ethyl adjacent to an activating group) is 1. The van der Waals surface area contributed by atoms with Crippen LogP contribution >= 0.6 is 12.6 Å². The summed E-state index contributed by atoms with van der Waals surface area (Å²) in [6, 6.07) is 17.9. The SMILES string of the molecule is CN(CC(CO)(CCS)c1ccccc1)S(=O)(=O)c1ccccc1. The molecule has 0 bridgehead atoms. The average Bonchev–Trinajstić information content (AvgIpc) is 2.62. The van der Waals surface area contributed by atoms with Crippen LogP contribution in [0.4, 0.5) is 0 Å². The molecule has 0 aliphatic carbocycles. The molecule has 130 valence electrons. The lowest BCUT2D eigenvalue weighted by Gasteiger charge is -2.35. The Hall–Kier alpha value is -1.34. The van der Waals surface area contributed by atoms with Gasteiger partial charge in [-0.15, -0.1) is 0 Å². The van der Waals surface area contributed by atoms with Crippen LogP contribution in [0.2, 0.25) is 0 Å². The van der Waals surface area contributed by atoms with Gasteiger partial charge in [0.25, 0.3) is 0 Å². The number of sulfonamides is 1. The molecule has 0 fully saturated rings. The molecular weight excluding hydrogens is 342 g/mol. The van der Waals surface area contributed by atoms with Crippen molar-refractivity contribution in [1.29, 1.82) is 0 Å². The highest BCUT2D eigenvalue weighted by Gasteiger charge is 2.35. The molecule has 2 aromatic rings. The Morgan fingerprint density at radius 2 is 1.58 bits per heavy atom. The molecule has 0 amide bonds. The van der Waals surface area contributed by atoms with Crippen LogP contribution in [0.5, 0.6) is 0 Å². The van der Waals surface area contributed by atoms with Crippen molar-refractivity contribution in [2.45, 2.75) is 16.7 Å². The topological polar surface area (TPSA) is 57.6 Å². The maximum absolute atomic E-state index is 12.8. The molecule has 0 radical (unpaired) electrons. The fourth-order valence-electron chi connectivity index (χ4n) is 2.82. The van der Waals surface area contributed by atoms with Crippen molar-refractivity contribution in [3.05, 3.63) is 66.2 Å². The van der Waals surface area contributed by atoms with Crippen molar-refractivity contribution in [2.24, 2.45) is 0 Å². The normalized spacial score (nSPS) is 14.5. The van der Waals surface area contributed by atoms with Crippen LogP contribution in [0, 0.1) is 0 Å². The van der Waals surface area contributed by atoms with E-state index in [2.05, 4.69) is 12.6 Å². The van der Waals surface area contributed by atoms with E-state index in [0.717, 1.165) is 5.56 Å². The highest BCUT2D eigenvalue weighted by atomic mass is 32.2. The van der Waals surface area contributed by atoms with E-state index in [9.17, 15) is 13.5 Å². The molecule has 6 heteroatoms. The van der Waals surface area contributed by atoms with Gasteiger partial charge in [0, 0.05) is 19.0 Å². The van der Waals surface area contributed by atoms with Crippen molar-refractivity contribution in [3.8, 4) is 0 Å². The van der Waals surface area contributed by atoms with Gasteiger partial charge in [-0.05, 0) is 29.9 Å².